The second-order valence-electron chi connectivity index (χ2n) is 4.79. The summed E-state index contributed by atoms with van der Waals surface area (Å²) in [6.45, 7) is 4.84. The number of carbonyl (C=O) groups is 1. The second kappa shape index (κ2) is 6.11. The van der Waals surface area contributed by atoms with Gasteiger partial charge in [0.05, 0.1) is 12.5 Å². The van der Waals surface area contributed by atoms with E-state index in [1.807, 2.05) is 0 Å². The van der Waals surface area contributed by atoms with Crippen molar-refractivity contribution in [1.29, 1.82) is 0 Å². The molecule has 1 unspecified atom stereocenters. The first kappa shape index (κ1) is 12.5. The number of hydrogen-bond donors (Lipinski definition) is 1. The minimum absolute atomic E-state index is 0.0362. The lowest BCUT2D eigenvalue weighted by Gasteiger charge is -2.13. The Balaban J connectivity index is 2.18. The third kappa shape index (κ3) is 4.20. The summed E-state index contributed by atoms with van der Waals surface area (Å²) >= 11 is 0. The zero-order chi connectivity index (χ0) is 11.3. The van der Waals surface area contributed by atoms with Gasteiger partial charge in [-0.3, -0.25) is 4.79 Å². The Morgan fingerprint density at radius 1 is 1.53 bits per heavy atom. The van der Waals surface area contributed by atoms with E-state index in [0.29, 0.717) is 12.5 Å². The van der Waals surface area contributed by atoms with Crippen LogP contribution in [0, 0.1) is 11.8 Å². The molecule has 2 N–H and O–H groups in total. The van der Waals surface area contributed by atoms with Gasteiger partial charge in [-0.25, -0.2) is 0 Å². The maximum Gasteiger partial charge on any atom is 0.308 e. The summed E-state index contributed by atoms with van der Waals surface area (Å²) < 4.78 is 5.29. The summed E-state index contributed by atoms with van der Waals surface area (Å²) in [6, 6.07) is 0.204. The van der Waals surface area contributed by atoms with Gasteiger partial charge in [-0.15, -0.1) is 0 Å². The fourth-order valence-corrected chi connectivity index (χ4v) is 2.15. The molecule has 1 rings (SSSR count). The Morgan fingerprint density at radius 3 is 2.80 bits per heavy atom. The molecule has 3 atom stereocenters. The van der Waals surface area contributed by atoms with Crippen molar-refractivity contribution < 1.29 is 9.53 Å². The molecule has 3 heteroatoms. The van der Waals surface area contributed by atoms with Crippen molar-refractivity contribution in [3.63, 3.8) is 0 Å². The summed E-state index contributed by atoms with van der Waals surface area (Å²) in [5.74, 6) is 0.508. The molecule has 0 amide bonds. The van der Waals surface area contributed by atoms with Crippen LogP contribution in [0.3, 0.4) is 0 Å². The van der Waals surface area contributed by atoms with Gasteiger partial charge in [-0.2, -0.15) is 0 Å². The Labute approximate surface area is 92.4 Å². The van der Waals surface area contributed by atoms with E-state index in [1.165, 1.54) is 0 Å². The molecule has 1 aliphatic rings. The molecule has 0 heterocycles. The van der Waals surface area contributed by atoms with E-state index in [9.17, 15) is 4.79 Å². The molecule has 0 radical (unpaired) electrons. The van der Waals surface area contributed by atoms with Gasteiger partial charge in [0.1, 0.15) is 0 Å². The fourth-order valence-electron chi connectivity index (χ4n) is 2.15. The van der Waals surface area contributed by atoms with E-state index in [-0.39, 0.29) is 17.9 Å². The Morgan fingerprint density at radius 2 is 2.27 bits per heavy atom. The van der Waals surface area contributed by atoms with Gasteiger partial charge in [0, 0.05) is 6.04 Å². The van der Waals surface area contributed by atoms with Crippen molar-refractivity contribution in [3.05, 3.63) is 0 Å². The fraction of sp³-hybridized carbons (Fsp3) is 0.917. The average Bonchev–Trinajstić information content (AvgIpc) is 2.62. The van der Waals surface area contributed by atoms with Gasteiger partial charge >= 0.3 is 5.97 Å². The lowest BCUT2D eigenvalue weighted by Crippen LogP contribution is -2.21. The van der Waals surface area contributed by atoms with Crippen LogP contribution in [0.5, 0.6) is 0 Å². The summed E-state index contributed by atoms with van der Waals surface area (Å²) in [6.07, 6.45) is 4.94. The highest BCUT2D eigenvalue weighted by atomic mass is 16.5. The SMILES string of the molecule is CCCC(C)COC(=O)[C@@H]1CC[C@H](N)C1. The molecule has 0 spiro atoms. The van der Waals surface area contributed by atoms with Crippen LogP contribution in [0.25, 0.3) is 0 Å². The van der Waals surface area contributed by atoms with Crippen molar-refractivity contribution in [1.82, 2.24) is 0 Å². The third-order valence-electron chi connectivity index (χ3n) is 3.10. The van der Waals surface area contributed by atoms with Gasteiger partial charge in [0.25, 0.3) is 0 Å². The number of nitrogens with two attached hydrogens (primary N) is 1. The minimum Gasteiger partial charge on any atom is -0.465 e. The predicted octanol–water partition coefficient (Wildman–Crippen LogP) is 2.09. The maximum atomic E-state index is 11.6. The summed E-state index contributed by atoms with van der Waals surface area (Å²) in [7, 11) is 0. The van der Waals surface area contributed by atoms with E-state index in [4.69, 9.17) is 10.5 Å². The molecule has 1 fully saturated rings. The first-order chi connectivity index (χ1) is 7.13. The minimum atomic E-state index is -0.0362. The van der Waals surface area contributed by atoms with Gasteiger partial charge in [-0.1, -0.05) is 20.3 Å². The van der Waals surface area contributed by atoms with E-state index < -0.39 is 0 Å². The van der Waals surface area contributed by atoms with Crippen LogP contribution in [0.15, 0.2) is 0 Å². The normalized spacial score (nSPS) is 27.7. The molecular formula is C12H23NO2. The molecule has 0 aromatic rings. The Bertz CT molecular complexity index is 206. The first-order valence-corrected chi connectivity index (χ1v) is 6.05. The van der Waals surface area contributed by atoms with Gasteiger partial charge in [0.15, 0.2) is 0 Å². The molecule has 1 aliphatic carbocycles. The van der Waals surface area contributed by atoms with Gasteiger partial charge < -0.3 is 10.5 Å². The van der Waals surface area contributed by atoms with Crippen molar-refractivity contribution in [2.75, 3.05) is 6.61 Å². The van der Waals surface area contributed by atoms with Gasteiger partial charge in [-0.05, 0) is 31.6 Å². The van der Waals surface area contributed by atoms with Crippen LogP contribution in [-0.4, -0.2) is 18.6 Å². The number of hydrogen-bond acceptors (Lipinski definition) is 3. The van der Waals surface area contributed by atoms with E-state index >= 15 is 0 Å². The van der Waals surface area contributed by atoms with Crippen molar-refractivity contribution >= 4 is 5.97 Å². The van der Waals surface area contributed by atoms with Crippen LogP contribution in [0.1, 0.15) is 46.0 Å². The smallest absolute Gasteiger partial charge is 0.308 e. The van der Waals surface area contributed by atoms with Crippen LogP contribution in [0.4, 0.5) is 0 Å². The zero-order valence-corrected chi connectivity index (χ0v) is 9.87. The highest BCUT2D eigenvalue weighted by Gasteiger charge is 2.29. The number of ether oxygens (including phenoxy) is 1. The summed E-state index contributed by atoms with van der Waals surface area (Å²) in [5, 5.41) is 0. The van der Waals surface area contributed by atoms with E-state index in [1.54, 1.807) is 0 Å². The average molecular weight is 213 g/mol. The largest absolute Gasteiger partial charge is 0.465 e. The molecule has 0 aromatic carbocycles. The number of carbonyl (C=O) groups excluding carboxylic acids is 1. The second-order valence-corrected chi connectivity index (χ2v) is 4.79. The summed E-state index contributed by atoms with van der Waals surface area (Å²) in [4.78, 5) is 11.6. The van der Waals surface area contributed by atoms with Crippen LogP contribution in [-0.2, 0) is 9.53 Å². The van der Waals surface area contributed by atoms with Crippen LogP contribution in [0.2, 0.25) is 0 Å². The van der Waals surface area contributed by atoms with Crippen LogP contribution < -0.4 is 5.73 Å². The molecule has 3 nitrogen and oxygen atoms in total. The standard InChI is InChI=1S/C12H23NO2/c1-3-4-9(2)8-15-12(14)10-5-6-11(13)7-10/h9-11H,3-8,13H2,1-2H3/t9?,10-,11+/m1/s1. The van der Waals surface area contributed by atoms with E-state index in [2.05, 4.69) is 13.8 Å². The molecule has 88 valence electrons. The predicted molar refractivity (Wildman–Crippen MR) is 60.3 cm³/mol. The molecule has 0 aliphatic heterocycles. The monoisotopic (exact) mass is 213 g/mol. The molecule has 15 heavy (non-hydrogen) atoms. The lowest BCUT2D eigenvalue weighted by molar-refractivity contribution is -0.149. The molecule has 0 bridgehead atoms. The molecule has 0 aromatic heterocycles. The van der Waals surface area contributed by atoms with Crippen molar-refractivity contribution in [2.24, 2.45) is 17.6 Å². The molecular weight excluding hydrogens is 190 g/mol. The molecule has 1 saturated carbocycles. The summed E-state index contributed by atoms with van der Waals surface area (Å²) in [5.41, 5.74) is 5.76. The van der Waals surface area contributed by atoms with Crippen molar-refractivity contribution in [3.8, 4) is 0 Å². The number of esters is 1. The first-order valence-electron chi connectivity index (χ1n) is 6.05. The topological polar surface area (TPSA) is 52.3 Å². The highest BCUT2D eigenvalue weighted by Crippen LogP contribution is 2.25. The Hall–Kier alpha value is -0.570. The van der Waals surface area contributed by atoms with Gasteiger partial charge in [0.2, 0.25) is 0 Å². The Kier molecular flexibility index (Phi) is 5.09. The zero-order valence-electron chi connectivity index (χ0n) is 9.87. The quantitative estimate of drug-likeness (QED) is 0.711. The van der Waals surface area contributed by atoms with E-state index in [0.717, 1.165) is 32.1 Å². The maximum absolute atomic E-state index is 11.6. The highest BCUT2D eigenvalue weighted by molar-refractivity contribution is 5.72. The lowest BCUT2D eigenvalue weighted by atomic mass is 10.1. The van der Waals surface area contributed by atoms with Crippen LogP contribution >= 0.6 is 0 Å². The molecule has 0 saturated heterocycles. The number of rotatable bonds is 5. The van der Waals surface area contributed by atoms with Crippen molar-refractivity contribution in [2.45, 2.75) is 52.0 Å². The third-order valence-corrected chi connectivity index (χ3v) is 3.10.